The summed E-state index contributed by atoms with van der Waals surface area (Å²) >= 11 is 0. The average Bonchev–Trinajstić information content (AvgIpc) is 2.92. The molecule has 0 radical (unpaired) electrons. The number of ether oxygens (including phenoxy) is 1. The van der Waals surface area contributed by atoms with Gasteiger partial charge in [-0.05, 0) is 30.9 Å². The first-order valence-corrected chi connectivity index (χ1v) is 8.61. The zero-order valence-corrected chi connectivity index (χ0v) is 15.0. The van der Waals surface area contributed by atoms with Gasteiger partial charge in [-0.1, -0.05) is 32.0 Å². The van der Waals surface area contributed by atoms with E-state index < -0.39 is 5.97 Å². The molecule has 0 unspecified atom stereocenters. The van der Waals surface area contributed by atoms with Crippen molar-refractivity contribution in [2.24, 2.45) is 5.41 Å². The lowest BCUT2D eigenvalue weighted by molar-refractivity contribution is -0.118. The fourth-order valence-electron chi connectivity index (χ4n) is 3.59. The molecule has 1 aliphatic heterocycles. The van der Waals surface area contributed by atoms with Gasteiger partial charge in [0.25, 0.3) is 0 Å². The smallest absolute Gasteiger partial charge is 0.356 e. The highest BCUT2D eigenvalue weighted by Crippen LogP contribution is 2.30. The quantitative estimate of drug-likeness (QED) is 0.837. The van der Waals surface area contributed by atoms with Crippen LogP contribution in [0.5, 0.6) is 0 Å². The lowest BCUT2D eigenvalue weighted by Crippen LogP contribution is -2.43. The van der Waals surface area contributed by atoms with E-state index >= 15 is 0 Å². The number of H-pyrrole nitrogens is 1. The van der Waals surface area contributed by atoms with Gasteiger partial charge in [0.15, 0.2) is 0 Å². The fourth-order valence-corrected chi connectivity index (χ4v) is 3.59. The fraction of sp³-hybridized carbons (Fsp3) is 0.474. The molecule has 0 spiro atoms. The van der Waals surface area contributed by atoms with Crippen molar-refractivity contribution in [2.45, 2.75) is 26.7 Å². The number of amides is 1. The first-order valence-electron chi connectivity index (χ1n) is 8.61. The zero-order chi connectivity index (χ0) is 18.0. The molecule has 2 N–H and O–H groups in total. The Kier molecular flexibility index (Phi) is 4.81. The number of anilines is 1. The number of carbonyl (C=O) groups is 2. The first kappa shape index (κ1) is 17.5. The van der Waals surface area contributed by atoms with E-state index in [-0.39, 0.29) is 17.0 Å². The topological polar surface area (TPSA) is 74.4 Å². The predicted octanol–water partition coefficient (Wildman–Crippen LogP) is 3.02. The summed E-state index contributed by atoms with van der Waals surface area (Å²) in [5.41, 5.74) is 1.79. The standard InChI is InChI=1S/C19H25N3O3/c1-19(2)9-6-10-22(12-19)11-15(23)21-16-13-7-4-5-8-14(13)20-17(16)18(24)25-3/h4-5,7-8,20H,6,9-12H2,1-3H3,(H,21,23). The maximum absolute atomic E-state index is 12.6. The van der Waals surface area contributed by atoms with Crippen LogP contribution in [0.3, 0.4) is 0 Å². The number of hydrogen-bond acceptors (Lipinski definition) is 4. The van der Waals surface area contributed by atoms with Crippen molar-refractivity contribution in [3.05, 3.63) is 30.0 Å². The predicted molar refractivity (Wildman–Crippen MR) is 97.7 cm³/mol. The zero-order valence-electron chi connectivity index (χ0n) is 15.0. The van der Waals surface area contributed by atoms with Gasteiger partial charge in [-0.3, -0.25) is 9.69 Å². The largest absolute Gasteiger partial charge is 0.464 e. The Bertz CT molecular complexity index is 794. The van der Waals surface area contributed by atoms with Crippen LogP contribution in [0.15, 0.2) is 24.3 Å². The second-order valence-electron chi connectivity index (χ2n) is 7.44. The number of para-hydroxylation sites is 1. The number of nitrogens with one attached hydrogen (secondary N) is 2. The van der Waals surface area contributed by atoms with Gasteiger partial charge in [-0.25, -0.2) is 4.79 Å². The minimum absolute atomic E-state index is 0.118. The molecule has 2 heterocycles. The van der Waals surface area contributed by atoms with Crippen molar-refractivity contribution >= 4 is 28.5 Å². The first-order chi connectivity index (χ1) is 11.9. The van der Waals surface area contributed by atoms with Crippen LogP contribution >= 0.6 is 0 Å². The summed E-state index contributed by atoms with van der Waals surface area (Å²) in [7, 11) is 1.33. The highest BCUT2D eigenvalue weighted by atomic mass is 16.5. The number of aromatic amines is 1. The number of carbonyl (C=O) groups excluding carboxylic acids is 2. The molecule has 25 heavy (non-hydrogen) atoms. The molecule has 1 aromatic carbocycles. The molecule has 0 aliphatic carbocycles. The van der Waals surface area contributed by atoms with Crippen LogP contribution < -0.4 is 5.32 Å². The van der Waals surface area contributed by atoms with Crippen LogP contribution in [-0.2, 0) is 9.53 Å². The molecular formula is C19H25N3O3. The summed E-state index contributed by atoms with van der Waals surface area (Å²) in [4.78, 5) is 29.8. The second kappa shape index (κ2) is 6.88. The number of fused-ring (bicyclic) bond motifs is 1. The number of piperidine rings is 1. The number of nitrogens with zero attached hydrogens (tertiary/aromatic N) is 1. The maximum Gasteiger partial charge on any atom is 0.356 e. The molecule has 6 heteroatoms. The number of hydrogen-bond donors (Lipinski definition) is 2. The van der Waals surface area contributed by atoms with Crippen molar-refractivity contribution in [3.8, 4) is 0 Å². The van der Waals surface area contributed by atoms with E-state index in [9.17, 15) is 9.59 Å². The lowest BCUT2D eigenvalue weighted by Gasteiger charge is -2.37. The number of likely N-dealkylation sites (tertiary alicyclic amines) is 1. The van der Waals surface area contributed by atoms with Crippen molar-refractivity contribution in [1.29, 1.82) is 0 Å². The van der Waals surface area contributed by atoms with E-state index in [1.54, 1.807) is 0 Å². The van der Waals surface area contributed by atoms with E-state index in [1.165, 1.54) is 13.5 Å². The monoisotopic (exact) mass is 343 g/mol. The second-order valence-corrected chi connectivity index (χ2v) is 7.44. The molecule has 0 atom stereocenters. The summed E-state index contributed by atoms with van der Waals surface area (Å²) in [5.74, 6) is -0.613. The van der Waals surface area contributed by atoms with E-state index in [0.29, 0.717) is 12.2 Å². The van der Waals surface area contributed by atoms with Gasteiger partial charge < -0.3 is 15.0 Å². The molecule has 2 aromatic rings. The Hall–Kier alpha value is -2.34. The number of methoxy groups -OCH3 is 1. The van der Waals surface area contributed by atoms with Crippen molar-refractivity contribution in [3.63, 3.8) is 0 Å². The maximum atomic E-state index is 12.6. The van der Waals surface area contributed by atoms with Gasteiger partial charge in [0, 0.05) is 17.4 Å². The summed E-state index contributed by atoms with van der Waals surface area (Å²) in [5, 5.41) is 3.71. The third-order valence-corrected chi connectivity index (χ3v) is 4.71. The van der Waals surface area contributed by atoms with Crippen molar-refractivity contribution in [1.82, 2.24) is 9.88 Å². The molecule has 3 rings (SSSR count). The van der Waals surface area contributed by atoms with E-state index in [4.69, 9.17) is 4.74 Å². The van der Waals surface area contributed by atoms with E-state index in [1.807, 2.05) is 24.3 Å². The van der Waals surface area contributed by atoms with Crippen LogP contribution in [0.1, 0.15) is 37.2 Å². The average molecular weight is 343 g/mol. The third kappa shape index (κ3) is 3.85. The molecule has 0 bridgehead atoms. The number of esters is 1. The highest BCUT2D eigenvalue weighted by molar-refractivity contribution is 6.11. The molecule has 134 valence electrons. The van der Waals surface area contributed by atoms with Crippen LogP contribution in [0.25, 0.3) is 10.9 Å². The SMILES string of the molecule is COC(=O)c1[nH]c2ccccc2c1NC(=O)CN1CCCC(C)(C)C1. The van der Waals surface area contributed by atoms with Gasteiger partial charge in [0.1, 0.15) is 5.69 Å². The Balaban J connectivity index is 1.79. The number of aromatic nitrogens is 1. The Morgan fingerprint density at radius 2 is 2.08 bits per heavy atom. The van der Waals surface area contributed by atoms with Crippen LogP contribution in [0, 0.1) is 5.41 Å². The summed E-state index contributed by atoms with van der Waals surface area (Å²) in [6.45, 7) is 6.61. The molecular weight excluding hydrogens is 318 g/mol. The lowest BCUT2D eigenvalue weighted by atomic mass is 9.84. The van der Waals surface area contributed by atoms with E-state index in [0.717, 1.165) is 30.4 Å². The van der Waals surface area contributed by atoms with E-state index in [2.05, 4.69) is 29.0 Å². The molecule has 0 saturated carbocycles. The van der Waals surface area contributed by atoms with Crippen LogP contribution in [0.2, 0.25) is 0 Å². The minimum atomic E-state index is -0.495. The summed E-state index contributed by atoms with van der Waals surface area (Å²) in [6.07, 6.45) is 2.28. The number of rotatable bonds is 4. The van der Waals surface area contributed by atoms with Gasteiger partial charge >= 0.3 is 5.97 Å². The molecule has 1 aliphatic rings. The van der Waals surface area contributed by atoms with Gasteiger partial charge in [-0.15, -0.1) is 0 Å². The Morgan fingerprint density at radius 3 is 2.80 bits per heavy atom. The van der Waals surface area contributed by atoms with Crippen molar-refractivity contribution in [2.75, 3.05) is 32.1 Å². The minimum Gasteiger partial charge on any atom is -0.464 e. The molecule has 6 nitrogen and oxygen atoms in total. The Labute approximate surface area is 147 Å². The highest BCUT2D eigenvalue weighted by Gasteiger charge is 2.28. The van der Waals surface area contributed by atoms with Gasteiger partial charge in [0.05, 0.1) is 19.3 Å². The molecule has 1 fully saturated rings. The molecule has 1 amide bonds. The van der Waals surface area contributed by atoms with Crippen LogP contribution in [-0.4, -0.2) is 48.5 Å². The molecule has 1 saturated heterocycles. The van der Waals surface area contributed by atoms with Crippen molar-refractivity contribution < 1.29 is 14.3 Å². The third-order valence-electron chi connectivity index (χ3n) is 4.71. The summed E-state index contributed by atoms with van der Waals surface area (Å²) in [6, 6.07) is 7.49. The van der Waals surface area contributed by atoms with Gasteiger partial charge in [0.2, 0.25) is 5.91 Å². The Morgan fingerprint density at radius 1 is 1.32 bits per heavy atom. The normalized spacial score (nSPS) is 17.4. The molecule has 1 aromatic heterocycles. The summed E-state index contributed by atoms with van der Waals surface area (Å²) < 4.78 is 4.83. The van der Waals surface area contributed by atoms with Crippen LogP contribution in [0.4, 0.5) is 5.69 Å². The van der Waals surface area contributed by atoms with Gasteiger partial charge in [-0.2, -0.15) is 0 Å². The number of benzene rings is 1.